The molecule has 0 atom stereocenters. The van der Waals surface area contributed by atoms with Gasteiger partial charge in [0, 0.05) is 11.6 Å². The Morgan fingerprint density at radius 3 is 3.00 bits per heavy atom. The first-order valence-electron chi connectivity index (χ1n) is 4.90. The molecule has 0 saturated carbocycles. The van der Waals surface area contributed by atoms with Crippen molar-refractivity contribution in [1.29, 1.82) is 0 Å². The lowest BCUT2D eigenvalue weighted by Gasteiger charge is -2.05. The number of fused-ring (bicyclic) bond motifs is 1. The molecule has 0 N–H and O–H groups in total. The summed E-state index contributed by atoms with van der Waals surface area (Å²) in [6.07, 6.45) is 1.91. The average Bonchev–Trinajstić information content (AvgIpc) is 2.29. The highest BCUT2D eigenvalue weighted by molar-refractivity contribution is 6.33. The Balaban J connectivity index is 2.52. The predicted octanol–water partition coefficient (Wildman–Crippen LogP) is 0.744. The molecule has 0 fully saturated rings. The van der Waals surface area contributed by atoms with E-state index >= 15 is 0 Å². The van der Waals surface area contributed by atoms with Gasteiger partial charge in [0.15, 0.2) is 0 Å². The zero-order valence-corrected chi connectivity index (χ0v) is 8.93. The van der Waals surface area contributed by atoms with E-state index in [2.05, 4.69) is 9.72 Å². The number of nitrogens with zero attached hydrogens (tertiary/aromatic N) is 1. The van der Waals surface area contributed by atoms with E-state index < -0.39 is 0 Å². The molecule has 0 aliphatic heterocycles. The van der Waals surface area contributed by atoms with Gasteiger partial charge in [0.25, 0.3) is 0 Å². The van der Waals surface area contributed by atoms with Crippen molar-refractivity contribution < 1.29 is 9.53 Å². The highest BCUT2D eigenvalue weighted by atomic mass is 16.5. The molecule has 4 heteroatoms. The maximum absolute atomic E-state index is 11.2. The molecule has 0 saturated heterocycles. The van der Waals surface area contributed by atoms with Crippen molar-refractivity contribution in [3.63, 3.8) is 0 Å². The molecular weight excluding hydrogens is 201 g/mol. The number of ether oxygens (including phenoxy) is 1. The van der Waals surface area contributed by atoms with Crippen LogP contribution in [0.5, 0.6) is 0 Å². The van der Waals surface area contributed by atoms with Gasteiger partial charge in [-0.05, 0) is 17.7 Å². The molecule has 0 spiro atoms. The first-order valence-corrected chi connectivity index (χ1v) is 4.90. The molecule has 1 heterocycles. The van der Waals surface area contributed by atoms with Gasteiger partial charge in [0.05, 0.1) is 19.0 Å². The van der Waals surface area contributed by atoms with Crippen LogP contribution in [-0.2, 0) is 16.0 Å². The highest BCUT2D eigenvalue weighted by Gasteiger charge is 2.07. The first-order chi connectivity index (χ1) is 7.70. The van der Waals surface area contributed by atoms with E-state index in [0.29, 0.717) is 5.46 Å². The Labute approximate surface area is 94.9 Å². The summed E-state index contributed by atoms with van der Waals surface area (Å²) in [6, 6.07) is 7.25. The van der Waals surface area contributed by atoms with Gasteiger partial charge in [-0.25, -0.2) is 0 Å². The molecule has 0 bridgehead atoms. The van der Waals surface area contributed by atoms with Gasteiger partial charge >= 0.3 is 5.97 Å². The first kappa shape index (κ1) is 10.7. The van der Waals surface area contributed by atoms with Gasteiger partial charge in [-0.1, -0.05) is 17.6 Å². The van der Waals surface area contributed by atoms with Crippen LogP contribution in [0.25, 0.3) is 10.9 Å². The summed E-state index contributed by atoms with van der Waals surface area (Å²) in [5, 5.41) is 0.896. The van der Waals surface area contributed by atoms with Crippen LogP contribution in [0.15, 0.2) is 30.5 Å². The zero-order valence-electron chi connectivity index (χ0n) is 8.93. The minimum absolute atomic E-state index is 0.235. The summed E-state index contributed by atoms with van der Waals surface area (Å²) in [6.45, 7) is 0. The molecule has 0 aliphatic carbocycles. The summed E-state index contributed by atoms with van der Waals surface area (Å²) in [4.78, 5) is 15.4. The van der Waals surface area contributed by atoms with E-state index in [9.17, 15) is 4.79 Å². The van der Waals surface area contributed by atoms with Crippen molar-refractivity contribution in [2.75, 3.05) is 7.11 Å². The second kappa shape index (κ2) is 4.35. The van der Waals surface area contributed by atoms with E-state index in [1.54, 1.807) is 18.3 Å². The molecule has 0 aliphatic rings. The minimum Gasteiger partial charge on any atom is -0.469 e. The predicted molar refractivity (Wildman–Crippen MR) is 62.9 cm³/mol. The fourth-order valence-electron chi connectivity index (χ4n) is 1.60. The van der Waals surface area contributed by atoms with Crippen LogP contribution in [0.3, 0.4) is 0 Å². The summed E-state index contributed by atoms with van der Waals surface area (Å²) < 4.78 is 4.64. The number of carbonyl (C=O) groups is 1. The normalized spacial score (nSPS) is 10.3. The molecule has 1 aromatic carbocycles. The zero-order chi connectivity index (χ0) is 11.5. The molecule has 3 nitrogen and oxygen atoms in total. The van der Waals surface area contributed by atoms with Crippen molar-refractivity contribution in [2.45, 2.75) is 6.42 Å². The van der Waals surface area contributed by atoms with Gasteiger partial charge in [-0.2, -0.15) is 0 Å². The minimum atomic E-state index is -0.269. The number of methoxy groups -OCH3 is 1. The molecule has 78 valence electrons. The largest absolute Gasteiger partial charge is 0.469 e. The van der Waals surface area contributed by atoms with Crippen LogP contribution in [0.1, 0.15) is 5.56 Å². The summed E-state index contributed by atoms with van der Waals surface area (Å²) in [5.41, 5.74) is 2.37. The third kappa shape index (κ3) is 2.05. The molecule has 2 rings (SSSR count). The molecule has 2 aromatic rings. The van der Waals surface area contributed by atoms with Crippen LogP contribution in [0.4, 0.5) is 0 Å². The van der Waals surface area contributed by atoms with Gasteiger partial charge in [-0.3, -0.25) is 9.78 Å². The SMILES string of the molecule is [B]c1ccc2nccc(CC(=O)OC)c2c1. The van der Waals surface area contributed by atoms with E-state index in [1.807, 2.05) is 12.1 Å². The van der Waals surface area contributed by atoms with Crippen LogP contribution < -0.4 is 5.46 Å². The number of hydrogen-bond donors (Lipinski definition) is 0. The number of benzene rings is 1. The van der Waals surface area contributed by atoms with Crippen molar-refractivity contribution in [2.24, 2.45) is 0 Å². The van der Waals surface area contributed by atoms with Gasteiger partial charge in [0.2, 0.25) is 0 Å². The van der Waals surface area contributed by atoms with Crippen LogP contribution in [0, 0.1) is 0 Å². The summed E-state index contributed by atoms with van der Waals surface area (Å²) in [7, 11) is 7.09. The van der Waals surface area contributed by atoms with Crippen molar-refractivity contribution in [3.8, 4) is 0 Å². The molecule has 16 heavy (non-hydrogen) atoms. The fourth-order valence-corrected chi connectivity index (χ4v) is 1.60. The topological polar surface area (TPSA) is 39.2 Å². The van der Waals surface area contributed by atoms with Crippen molar-refractivity contribution >= 4 is 30.2 Å². The molecule has 2 radical (unpaired) electrons. The molecule has 0 amide bonds. The van der Waals surface area contributed by atoms with Crippen molar-refractivity contribution in [1.82, 2.24) is 4.98 Å². The number of hydrogen-bond acceptors (Lipinski definition) is 3. The summed E-state index contributed by atoms with van der Waals surface area (Å²) in [5.74, 6) is -0.269. The average molecular weight is 211 g/mol. The Morgan fingerprint density at radius 1 is 1.44 bits per heavy atom. The lowest BCUT2D eigenvalue weighted by molar-refractivity contribution is -0.139. The lowest BCUT2D eigenvalue weighted by Crippen LogP contribution is -2.07. The second-order valence-corrected chi connectivity index (χ2v) is 3.50. The quantitative estimate of drug-likeness (QED) is 0.543. The highest BCUT2D eigenvalue weighted by Crippen LogP contribution is 2.15. The smallest absolute Gasteiger partial charge is 0.310 e. The maximum atomic E-state index is 11.2. The van der Waals surface area contributed by atoms with E-state index in [0.717, 1.165) is 16.5 Å². The maximum Gasteiger partial charge on any atom is 0.310 e. The Hall–Kier alpha value is -1.84. The molecular formula is C12H10BNO2. The van der Waals surface area contributed by atoms with Crippen molar-refractivity contribution in [3.05, 3.63) is 36.0 Å². The van der Waals surface area contributed by atoms with Crippen LogP contribution in [-0.4, -0.2) is 25.9 Å². The van der Waals surface area contributed by atoms with E-state index in [4.69, 9.17) is 7.85 Å². The lowest BCUT2D eigenvalue weighted by atomic mass is 9.93. The van der Waals surface area contributed by atoms with E-state index in [1.165, 1.54) is 7.11 Å². The molecule has 0 unspecified atom stereocenters. The number of esters is 1. The standard InChI is InChI=1S/C12H10BNO2/c1-16-12(15)6-8-4-5-14-11-3-2-9(13)7-10(8)11/h2-5,7H,6H2,1H3. The van der Waals surface area contributed by atoms with Crippen LogP contribution >= 0.6 is 0 Å². The fraction of sp³-hybridized carbons (Fsp3) is 0.167. The van der Waals surface area contributed by atoms with Gasteiger partial charge < -0.3 is 4.74 Å². The Morgan fingerprint density at radius 2 is 2.25 bits per heavy atom. The van der Waals surface area contributed by atoms with Gasteiger partial charge in [-0.15, -0.1) is 0 Å². The number of rotatable bonds is 2. The van der Waals surface area contributed by atoms with E-state index in [-0.39, 0.29) is 12.4 Å². The second-order valence-electron chi connectivity index (χ2n) is 3.50. The number of pyridine rings is 1. The monoisotopic (exact) mass is 211 g/mol. The van der Waals surface area contributed by atoms with Gasteiger partial charge in [0.1, 0.15) is 7.85 Å². The third-order valence-corrected chi connectivity index (χ3v) is 2.42. The third-order valence-electron chi connectivity index (χ3n) is 2.42. The Bertz CT molecular complexity index is 540. The number of carbonyl (C=O) groups excluding carboxylic acids is 1. The van der Waals surface area contributed by atoms with Crippen LogP contribution in [0.2, 0.25) is 0 Å². The molecule has 1 aromatic heterocycles. The Kier molecular flexibility index (Phi) is 2.90. The summed E-state index contributed by atoms with van der Waals surface area (Å²) >= 11 is 0. The number of aromatic nitrogens is 1.